The minimum absolute atomic E-state index is 0.197. The number of likely N-dealkylation sites (tertiary alicyclic amines) is 1. The number of halogens is 2. The Labute approximate surface area is 115 Å². The topological polar surface area (TPSA) is 54.5 Å². The van der Waals surface area contributed by atoms with Crippen molar-refractivity contribution in [1.82, 2.24) is 4.90 Å². The Balaban J connectivity index is 2.42. The van der Waals surface area contributed by atoms with Crippen molar-refractivity contribution in [2.24, 2.45) is 0 Å². The first-order chi connectivity index (χ1) is 8.89. The third kappa shape index (κ3) is 3.25. The average Bonchev–Trinajstić information content (AvgIpc) is 2.37. The molecule has 4 nitrogen and oxygen atoms in total. The Morgan fingerprint density at radius 3 is 2.42 bits per heavy atom. The van der Waals surface area contributed by atoms with Gasteiger partial charge in [-0.25, -0.2) is 12.8 Å². The highest BCUT2D eigenvalue weighted by Gasteiger charge is 2.25. The smallest absolute Gasteiger partial charge is 0.262 e. The van der Waals surface area contributed by atoms with Crippen molar-refractivity contribution in [2.75, 3.05) is 13.1 Å². The Morgan fingerprint density at radius 2 is 1.84 bits per heavy atom. The van der Waals surface area contributed by atoms with Crippen LogP contribution in [0.2, 0.25) is 0 Å². The van der Waals surface area contributed by atoms with Gasteiger partial charge in [0.2, 0.25) is 0 Å². The molecule has 1 aliphatic rings. The van der Waals surface area contributed by atoms with Gasteiger partial charge in [0.1, 0.15) is 5.82 Å². The van der Waals surface area contributed by atoms with E-state index in [-0.39, 0.29) is 10.5 Å². The molecular formula is C12H13ClFNO3S. The number of benzene rings is 1. The lowest BCUT2D eigenvalue weighted by atomic mass is 10.1. The van der Waals surface area contributed by atoms with Crippen LogP contribution in [0.15, 0.2) is 23.1 Å². The van der Waals surface area contributed by atoms with E-state index in [1.807, 2.05) is 0 Å². The number of piperidine rings is 1. The third-order valence-corrected chi connectivity index (χ3v) is 4.46. The standard InChI is InChI=1S/C12H13ClFNO3S/c13-19(17,18)11-5-4-9(14)8-10(11)12(16)15-6-2-1-3-7-15/h4-5,8H,1-3,6-7H2. The molecule has 0 atom stereocenters. The van der Waals surface area contributed by atoms with Gasteiger partial charge in [-0.15, -0.1) is 0 Å². The second kappa shape index (κ2) is 5.46. The lowest BCUT2D eigenvalue weighted by molar-refractivity contribution is 0.0720. The number of carbonyl (C=O) groups excluding carboxylic acids is 1. The zero-order chi connectivity index (χ0) is 14.0. The molecule has 1 heterocycles. The van der Waals surface area contributed by atoms with Crippen LogP contribution in [0.1, 0.15) is 29.6 Å². The van der Waals surface area contributed by atoms with Crippen molar-refractivity contribution in [3.63, 3.8) is 0 Å². The van der Waals surface area contributed by atoms with Gasteiger partial charge in [-0.05, 0) is 37.5 Å². The summed E-state index contributed by atoms with van der Waals surface area (Å²) >= 11 is 0. The second-order valence-corrected chi connectivity index (χ2v) is 6.97. The Morgan fingerprint density at radius 1 is 1.21 bits per heavy atom. The monoisotopic (exact) mass is 305 g/mol. The molecule has 2 rings (SSSR count). The van der Waals surface area contributed by atoms with E-state index in [2.05, 4.69) is 0 Å². The zero-order valence-electron chi connectivity index (χ0n) is 10.1. The lowest BCUT2D eigenvalue weighted by Crippen LogP contribution is -2.36. The molecule has 1 saturated heterocycles. The summed E-state index contributed by atoms with van der Waals surface area (Å²) in [5.41, 5.74) is -0.197. The van der Waals surface area contributed by atoms with Gasteiger partial charge in [-0.3, -0.25) is 4.79 Å². The van der Waals surface area contributed by atoms with E-state index in [0.717, 1.165) is 37.5 Å². The summed E-state index contributed by atoms with van der Waals surface area (Å²) in [6, 6.07) is 2.92. The Kier molecular flexibility index (Phi) is 4.10. The maximum Gasteiger partial charge on any atom is 0.262 e. The summed E-state index contributed by atoms with van der Waals surface area (Å²) in [6.07, 6.45) is 2.77. The first kappa shape index (κ1) is 14.3. The van der Waals surface area contributed by atoms with E-state index in [1.54, 1.807) is 0 Å². The average molecular weight is 306 g/mol. The summed E-state index contributed by atoms with van der Waals surface area (Å²) in [5.74, 6) is -1.15. The molecule has 1 fully saturated rings. The van der Waals surface area contributed by atoms with Crippen molar-refractivity contribution in [2.45, 2.75) is 24.2 Å². The predicted molar refractivity (Wildman–Crippen MR) is 69.2 cm³/mol. The molecule has 1 aromatic carbocycles. The summed E-state index contributed by atoms with van der Waals surface area (Å²) < 4.78 is 36.1. The zero-order valence-corrected chi connectivity index (χ0v) is 11.7. The maximum atomic E-state index is 13.3. The van der Waals surface area contributed by atoms with Gasteiger partial charge in [-0.1, -0.05) is 0 Å². The van der Waals surface area contributed by atoms with Crippen LogP contribution >= 0.6 is 10.7 Å². The second-order valence-electron chi connectivity index (χ2n) is 4.43. The molecule has 0 aromatic heterocycles. The lowest BCUT2D eigenvalue weighted by Gasteiger charge is -2.27. The quantitative estimate of drug-likeness (QED) is 0.788. The van der Waals surface area contributed by atoms with Crippen LogP contribution in [-0.2, 0) is 9.05 Å². The number of amides is 1. The predicted octanol–water partition coefficient (Wildman–Crippen LogP) is 2.38. The first-order valence-electron chi connectivity index (χ1n) is 5.93. The molecule has 0 N–H and O–H groups in total. The van der Waals surface area contributed by atoms with E-state index in [1.165, 1.54) is 4.90 Å². The van der Waals surface area contributed by atoms with E-state index in [9.17, 15) is 17.6 Å². The van der Waals surface area contributed by atoms with Gasteiger partial charge < -0.3 is 4.90 Å². The van der Waals surface area contributed by atoms with Crippen molar-refractivity contribution in [3.05, 3.63) is 29.6 Å². The molecule has 1 aromatic rings. The molecule has 0 bridgehead atoms. The van der Waals surface area contributed by atoms with Crippen LogP contribution in [0.5, 0.6) is 0 Å². The highest BCUT2D eigenvalue weighted by molar-refractivity contribution is 8.13. The summed E-state index contributed by atoms with van der Waals surface area (Å²) in [6.45, 7) is 1.11. The van der Waals surface area contributed by atoms with Crippen LogP contribution in [0.3, 0.4) is 0 Å². The Hall–Kier alpha value is -1.14. The minimum Gasteiger partial charge on any atom is -0.339 e. The van der Waals surface area contributed by atoms with Gasteiger partial charge in [0.15, 0.2) is 0 Å². The van der Waals surface area contributed by atoms with Gasteiger partial charge in [-0.2, -0.15) is 0 Å². The number of nitrogens with zero attached hydrogens (tertiary/aromatic N) is 1. The summed E-state index contributed by atoms with van der Waals surface area (Å²) in [5, 5.41) is 0. The third-order valence-electron chi connectivity index (χ3n) is 3.08. The minimum atomic E-state index is -4.08. The van der Waals surface area contributed by atoms with Crippen molar-refractivity contribution >= 4 is 25.6 Å². The maximum absolute atomic E-state index is 13.3. The van der Waals surface area contributed by atoms with Gasteiger partial charge in [0.25, 0.3) is 15.0 Å². The summed E-state index contributed by atoms with van der Waals surface area (Å²) in [7, 11) is 1.20. The molecule has 0 saturated carbocycles. The van der Waals surface area contributed by atoms with E-state index in [4.69, 9.17) is 10.7 Å². The molecule has 0 aliphatic carbocycles. The first-order valence-corrected chi connectivity index (χ1v) is 8.24. The molecule has 104 valence electrons. The normalized spacial score (nSPS) is 16.4. The van der Waals surface area contributed by atoms with E-state index in [0.29, 0.717) is 13.1 Å². The van der Waals surface area contributed by atoms with Crippen molar-refractivity contribution < 1.29 is 17.6 Å². The molecule has 0 radical (unpaired) electrons. The van der Waals surface area contributed by atoms with Crippen LogP contribution in [-0.4, -0.2) is 32.3 Å². The van der Waals surface area contributed by atoms with E-state index < -0.39 is 20.8 Å². The SMILES string of the molecule is O=C(c1cc(F)ccc1S(=O)(=O)Cl)N1CCCCC1. The van der Waals surface area contributed by atoms with Crippen molar-refractivity contribution in [1.29, 1.82) is 0 Å². The number of rotatable bonds is 2. The van der Waals surface area contributed by atoms with Gasteiger partial charge in [0.05, 0.1) is 10.5 Å². The molecular weight excluding hydrogens is 293 g/mol. The van der Waals surface area contributed by atoms with Crippen LogP contribution in [0, 0.1) is 5.82 Å². The molecule has 1 amide bonds. The molecule has 19 heavy (non-hydrogen) atoms. The summed E-state index contributed by atoms with van der Waals surface area (Å²) in [4.78, 5) is 13.4. The molecule has 0 unspecified atom stereocenters. The highest BCUT2D eigenvalue weighted by Crippen LogP contribution is 2.23. The number of hydrogen-bond donors (Lipinski definition) is 0. The van der Waals surface area contributed by atoms with Crippen molar-refractivity contribution in [3.8, 4) is 0 Å². The molecule has 7 heteroatoms. The van der Waals surface area contributed by atoms with Gasteiger partial charge in [0, 0.05) is 23.8 Å². The Bertz CT molecular complexity index is 597. The van der Waals surface area contributed by atoms with E-state index >= 15 is 0 Å². The highest BCUT2D eigenvalue weighted by atomic mass is 35.7. The van der Waals surface area contributed by atoms with Crippen LogP contribution in [0.25, 0.3) is 0 Å². The largest absolute Gasteiger partial charge is 0.339 e. The molecule has 0 spiro atoms. The number of hydrogen-bond acceptors (Lipinski definition) is 3. The fraction of sp³-hybridized carbons (Fsp3) is 0.417. The molecule has 1 aliphatic heterocycles. The fourth-order valence-electron chi connectivity index (χ4n) is 2.15. The van der Waals surface area contributed by atoms with Gasteiger partial charge >= 0.3 is 0 Å². The van der Waals surface area contributed by atoms with Crippen LogP contribution in [0.4, 0.5) is 4.39 Å². The number of carbonyl (C=O) groups is 1. The van der Waals surface area contributed by atoms with Crippen LogP contribution < -0.4 is 0 Å². The fourth-order valence-corrected chi connectivity index (χ4v) is 3.19.